The lowest BCUT2D eigenvalue weighted by molar-refractivity contribution is 0.633. The number of aryl methyl sites for hydroxylation is 1. The largest absolute Gasteiger partial charge is 0.354 e. The number of hydrogen-bond acceptors (Lipinski definition) is 0. The van der Waals surface area contributed by atoms with Crippen molar-refractivity contribution >= 4 is 21.8 Å². The van der Waals surface area contributed by atoms with Gasteiger partial charge in [0, 0.05) is 21.8 Å². The number of nitrogens with one attached hydrogen (secondary N) is 1. The van der Waals surface area contributed by atoms with E-state index in [-0.39, 0.29) is 0 Å². The van der Waals surface area contributed by atoms with Crippen molar-refractivity contribution in [3.8, 4) is 0 Å². The van der Waals surface area contributed by atoms with Crippen molar-refractivity contribution in [3.63, 3.8) is 0 Å². The van der Waals surface area contributed by atoms with Crippen LogP contribution in [-0.4, -0.2) is 4.98 Å². The molecule has 0 aliphatic rings. The van der Waals surface area contributed by atoms with Gasteiger partial charge in [-0.2, -0.15) is 0 Å². The fraction of sp³-hybridized carbons (Fsp3) is 0.368. The molecule has 0 unspecified atom stereocenters. The summed E-state index contributed by atoms with van der Waals surface area (Å²) < 4.78 is 0. The van der Waals surface area contributed by atoms with Gasteiger partial charge in [-0.15, -0.1) is 0 Å². The van der Waals surface area contributed by atoms with E-state index in [0.29, 0.717) is 0 Å². The average Bonchev–Trinajstić information content (AvgIpc) is 2.87. The zero-order valence-electron chi connectivity index (χ0n) is 12.3. The van der Waals surface area contributed by atoms with Crippen LogP contribution in [0.2, 0.25) is 0 Å². The summed E-state index contributed by atoms with van der Waals surface area (Å²) in [4.78, 5) is 3.60. The Morgan fingerprint density at radius 1 is 0.800 bits per heavy atom. The van der Waals surface area contributed by atoms with Crippen LogP contribution in [0.25, 0.3) is 21.8 Å². The lowest BCUT2D eigenvalue weighted by Crippen LogP contribution is -1.88. The molecule has 1 heterocycles. The van der Waals surface area contributed by atoms with Crippen LogP contribution in [0.1, 0.15) is 44.6 Å². The van der Waals surface area contributed by atoms with Gasteiger partial charge in [0.1, 0.15) is 0 Å². The summed E-state index contributed by atoms with van der Waals surface area (Å²) in [7, 11) is 0. The number of rotatable bonds is 6. The summed E-state index contributed by atoms with van der Waals surface area (Å²) in [5.74, 6) is 0. The molecule has 0 atom stereocenters. The smallest absolute Gasteiger partial charge is 0.0497 e. The minimum Gasteiger partial charge on any atom is -0.354 e. The van der Waals surface area contributed by atoms with Gasteiger partial charge < -0.3 is 4.98 Å². The van der Waals surface area contributed by atoms with E-state index in [0.717, 1.165) is 0 Å². The number of aromatic amines is 1. The van der Waals surface area contributed by atoms with Gasteiger partial charge in [-0.1, -0.05) is 69.0 Å². The SMILES string of the molecule is CCCCCCCc1cccc2c1[nH]c1ccccc12. The molecule has 1 N–H and O–H groups in total. The molecule has 1 aromatic heterocycles. The fourth-order valence-electron chi connectivity index (χ4n) is 3.06. The highest BCUT2D eigenvalue weighted by molar-refractivity contribution is 6.08. The van der Waals surface area contributed by atoms with Crippen molar-refractivity contribution in [1.29, 1.82) is 0 Å². The molecule has 0 aliphatic heterocycles. The summed E-state index contributed by atoms with van der Waals surface area (Å²) in [6.45, 7) is 2.27. The van der Waals surface area contributed by atoms with Gasteiger partial charge >= 0.3 is 0 Å². The molecule has 2 aromatic carbocycles. The van der Waals surface area contributed by atoms with E-state index >= 15 is 0 Å². The molecule has 104 valence electrons. The third kappa shape index (κ3) is 2.58. The van der Waals surface area contributed by atoms with E-state index in [4.69, 9.17) is 0 Å². The minimum absolute atomic E-state index is 1.19. The number of fused-ring (bicyclic) bond motifs is 3. The molecule has 3 aromatic rings. The second-order valence-corrected chi connectivity index (χ2v) is 5.67. The zero-order valence-corrected chi connectivity index (χ0v) is 12.3. The third-order valence-electron chi connectivity index (χ3n) is 4.18. The van der Waals surface area contributed by atoms with Crippen molar-refractivity contribution < 1.29 is 0 Å². The zero-order chi connectivity index (χ0) is 13.8. The Hall–Kier alpha value is -1.76. The first-order chi connectivity index (χ1) is 9.90. The van der Waals surface area contributed by atoms with E-state index in [1.807, 2.05) is 0 Å². The van der Waals surface area contributed by atoms with Crippen molar-refractivity contribution in [2.45, 2.75) is 45.4 Å². The maximum atomic E-state index is 3.60. The molecular weight excluding hydrogens is 242 g/mol. The Labute approximate surface area is 121 Å². The molecule has 0 aliphatic carbocycles. The van der Waals surface area contributed by atoms with Crippen LogP contribution >= 0.6 is 0 Å². The van der Waals surface area contributed by atoms with Crippen molar-refractivity contribution in [1.82, 2.24) is 4.98 Å². The lowest BCUT2D eigenvalue weighted by Gasteiger charge is -2.03. The summed E-state index contributed by atoms with van der Waals surface area (Å²) in [5, 5.41) is 2.71. The van der Waals surface area contributed by atoms with Gasteiger partial charge in [-0.25, -0.2) is 0 Å². The maximum Gasteiger partial charge on any atom is 0.0497 e. The Balaban J connectivity index is 1.84. The van der Waals surface area contributed by atoms with Crippen LogP contribution in [0.5, 0.6) is 0 Å². The summed E-state index contributed by atoms with van der Waals surface area (Å²) in [5.41, 5.74) is 4.06. The summed E-state index contributed by atoms with van der Waals surface area (Å²) in [6, 6.07) is 15.3. The fourth-order valence-corrected chi connectivity index (χ4v) is 3.06. The maximum absolute atomic E-state index is 3.60. The van der Waals surface area contributed by atoms with E-state index in [1.165, 1.54) is 65.9 Å². The van der Waals surface area contributed by atoms with Gasteiger partial charge in [0.15, 0.2) is 0 Å². The van der Waals surface area contributed by atoms with E-state index in [2.05, 4.69) is 54.4 Å². The predicted octanol–water partition coefficient (Wildman–Crippen LogP) is 5.83. The summed E-state index contributed by atoms with van der Waals surface area (Å²) in [6.07, 6.45) is 7.90. The molecule has 1 heteroatoms. The van der Waals surface area contributed by atoms with E-state index in [9.17, 15) is 0 Å². The van der Waals surface area contributed by atoms with Crippen LogP contribution in [0.3, 0.4) is 0 Å². The molecule has 3 rings (SSSR count). The molecular formula is C19H23N. The Bertz CT molecular complexity index is 693. The normalized spacial score (nSPS) is 11.4. The monoisotopic (exact) mass is 265 g/mol. The van der Waals surface area contributed by atoms with Crippen LogP contribution in [-0.2, 0) is 6.42 Å². The number of unbranched alkanes of at least 4 members (excludes halogenated alkanes) is 4. The van der Waals surface area contributed by atoms with Crippen LogP contribution in [0.15, 0.2) is 42.5 Å². The molecule has 0 saturated carbocycles. The predicted molar refractivity (Wildman–Crippen MR) is 88.3 cm³/mol. The number of hydrogen-bond donors (Lipinski definition) is 1. The Kier molecular flexibility index (Phi) is 4.05. The average molecular weight is 265 g/mol. The second kappa shape index (κ2) is 6.13. The minimum atomic E-state index is 1.19. The first kappa shape index (κ1) is 13.2. The highest BCUT2D eigenvalue weighted by atomic mass is 14.7. The molecule has 0 radical (unpaired) electrons. The van der Waals surface area contributed by atoms with Gasteiger partial charge in [0.05, 0.1) is 0 Å². The van der Waals surface area contributed by atoms with Gasteiger partial charge in [-0.05, 0) is 24.5 Å². The van der Waals surface area contributed by atoms with Crippen molar-refractivity contribution in [2.24, 2.45) is 0 Å². The second-order valence-electron chi connectivity index (χ2n) is 5.67. The van der Waals surface area contributed by atoms with E-state index < -0.39 is 0 Å². The summed E-state index contributed by atoms with van der Waals surface area (Å²) >= 11 is 0. The first-order valence-electron chi connectivity index (χ1n) is 7.88. The van der Waals surface area contributed by atoms with Crippen LogP contribution in [0.4, 0.5) is 0 Å². The van der Waals surface area contributed by atoms with E-state index in [1.54, 1.807) is 0 Å². The molecule has 0 spiro atoms. The Morgan fingerprint density at radius 3 is 2.50 bits per heavy atom. The highest BCUT2D eigenvalue weighted by Gasteiger charge is 2.06. The molecule has 1 nitrogen and oxygen atoms in total. The van der Waals surface area contributed by atoms with Crippen LogP contribution < -0.4 is 0 Å². The molecule has 0 bridgehead atoms. The van der Waals surface area contributed by atoms with Gasteiger partial charge in [0.2, 0.25) is 0 Å². The Morgan fingerprint density at radius 2 is 1.60 bits per heavy atom. The third-order valence-corrected chi connectivity index (χ3v) is 4.18. The topological polar surface area (TPSA) is 15.8 Å². The number of benzene rings is 2. The first-order valence-corrected chi connectivity index (χ1v) is 7.88. The quantitative estimate of drug-likeness (QED) is 0.539. The number of para-hydroxylation sites is 2. The molecule has 0 saturated heterocycles. The van der Waals surface area contributed by atoms with Gasteiger partial charge in [0.25, 0.3) is 0 Å². The number of H-pyrrole nitrogens is 1. The lowest BCUT2D eigenvalue weighted by atomic mass is 10.0. The van der Waals surface area contributed by atoms with Crippen LogP contribution in [0, 0.1) is 0 Å². The van der Waals surface area contributed by atoms with Crippen molar-refractivity contribution in [2.75, 3.05) is 0 Å². The highest BCUT2D eigenvalue weighted by Crippen LogP contribution is 2.28. The molecule has 20 heavy (non-hydrogen) atoms. The molecule has 0 amide bonds. The standard InChI is InChI=1S/C19H23N/c1-2-3-4-5-6-10-15-11-9-13-17-16-12-7-8-14-18(16)20-19(15)17/h7-9,11-14,20H,2-6,10H2,1H3. The number of aromatic nitrogens is 1. The van der Waals surface area contributed by atoms with Gasteiger partial charge in [-0.3, -0.25) is 0 Å². The van der Waals surface area contributed by atoms with Crippen molar-refractivity contribution in [3.05, 3.63) is 48.0 Å². The molecule has 0 fully saturated rings.